The van der Waals surface area contributed by atoms with Gasteiger partial charge in [0.2, 0.25) is 0 Å². The van der Waals surface area contributed by atoms with Gasteiger partial charge < -0.3 is 9.07 Å². The number of oxime groups is 1. The van der Waals surface area contributed by atoms with Gasteiger partial charge in [-0.1, -0.05) is 88.6 Å². The van der Waals surface area contributed by atoms with Crippen molar-refractivity contribution < 1.29 is 4.84 Å². The Kier molecular flexibility index (Phi) is 5.23. The molecule has 0 fully saturated rings. The van der Waals surface area contributed by atoms with E-state index in [0.29, 0.717) is 11.8 Å². The van der Waals surface area contributed by atoms with Gasteiger partial charge in [0.1, 0.15) is 16.5 Å². The van der Waals surface area contributed by atoms with E-state index in [0.717, 1.165) is 5.71 Å². The van der Waals surface area contributed by atoms with Crippen molar-refractivity contribution in [1.82, 2.24) is 4.23 Å². The molecule has 128 valence electrons. The largest absolute Gasteiger partial charge is 0.377 e. The highest BCUT2D eigenvalue weighted by Gasteiger charge is 2.46. The van der Waals surface area contributed by atoms with Gasteiger partial charge in [0.25, 0.3) is 0 Å². The number of rotatable bonds is 4. The van der Waals surface area contributed by atoms with E-state index >= 15 is 0 Å². The van der Waals surface area contributed by atoms with Gasteiger partial charge in [-0.15, -0.1) is 0 Å². The fourth-order valence-electron chi connectivity index (χ4n) is 3.76. The van der Waals surface area contributed by atoms with Crippen molar-refractivity contribution >= 4 is 22.2 Å². The van der Waals surface area contributed by atoms with E-state index in [2.05, 4.69) is 86.8 Å². The number of benzene rings is 1. The van der Waals surface area contributed by atoms with E-state index in [1.165, 1.54) is 5.56 Å². The summed E-state index contributed by atoms with van der Waals surface area (Å²) >= 11 is 0. The Morgan fingerprint density at radius 1 is 0.913 bits per heavy atom. The lowest BCUT2D eigenvalue weighted by Crippen LogP contribution is -2.66. The van der Waals surface area contributed by atoms with Crippen LogP contribution in [0.1, 0.15) is 19.4 Å². The maximum Gasteiger partial charge on any atom is 0.172 e. The molecule has 0 amide bonds. The maximum absolute atomic E-state index is 6.13. The van der Waals surface area contributed by atoms with Crippen molar-refractivity contribution in [2.45, 2.75) is 59.4 Å². The zero-order chi connectivity index (χ0) is 17.4. The summed E-state index contributed by atoms with van der Waals surface area (Å²) in [5, 5.41) is 4.58. The van der Waals surface area contributed by atoms with Crippen molar-refractivity contribution in [3.05, 3.63) is 35.9 Å². The van der Waals surface area contributed by atoms with Crippen LogP contribution in [0.3, 0.4) is 0 Å². The van der Waals surface area contributed by atoms with Crippen LogP contribution < -0.4 is 0 Å². The molecule has 1 aromatic rings. The minimum atomic E-state index is -1.48. The van der Waals surface area contributed by atoms with Crippen LogP contribution in [0.25, 0.3) is 0 Å². The molecule has 1 aliphatic rings. The Bertz CT molecular complexity index is 547. The Labute approximate surface area is 143 Å². The molecule has 23 heavy (non-hydrogen) atoms. The first-order valence-electron chi connectivity index (χ1n) is 8.62. The molecule has 0 N–H and O–H groups in total. The van der Waals surface area contributed by atoms with Crippen LogP contribution in [-0.2, 0) is 4.84 Å². The van der Waals surface area contributed by atoms with Crippen molar-refractivity contribution in [3.63, 3.8) is 0 Å². The summed E-state index contributed by atoms with van der Waals surface area (Å²) < 4.78 is 2.73. The van der Waals surface area contributed by atoms with Crippen LogP contribution in [0.5, 0.6) is 0 Å². The number of hydrogen-bond donors (Lipinski definition) is 0. The lowest BCUT2D eigenvalue weighted by molar-refractivity contribution is -0.0516. The van der Waals surface area contributed by atoms with Gasteiger partial charge in [0.15, 0.2) is 6.23 Å². The van der Waals surface area contributed by atoms with E-state index in [4.69, 9.17) is 4.84 Å². The minimum absolute atomic E-state index is 0.107. The zero-order valence-electron chi connectivity index (χ0n) is 15.9. The SMILES string of the molecule is C[C@H]1[C@H](C)C(c2ccccc2)=NO[C@@H]1N([Si](C)(C)C)[Si](C)(C)C. The highest BCUT2D eigenvalue weighted by atomic mass is 28.4. The highest BCUT2D eigenvalue weighted by molar-refractivity contribution is 6.89. The molecule has 2 rings (SSSR count). The van der Waals surface area contributed by atoms with Crippen LogP contribution in [-0.4, -0.2) is 32.6 Å². The van der Waals surface area contributed by atoms with Gasteiger partial charge >= 0.3 is 0 Å². The molecule has 0 spiro atoms. The first-order chi connectivity index (χ1) is 10.5. The summed E-state index contributed by atoms with van der Waals surface area (Å²) in [7, 11) is -2.96. The Morgan fingerprint density at radius 2 is 1.43 bits per heavy atom. The molecule has 0 saturated carbocycles. The van der Waals surface area contributed by atoms with Gasteiger partial charge in [-0.25, -0.2) is 0 Å². The molecule has 1 aliphatic heterocycles. The molecule has 0 radical (unpaired) electrons. The smallest absolute Gasteiger partial charge is 0.172 e. The first kappa shape index (κ1) is 18.4. The number of hydrogen-bond acceptors (Lipinski definition) is 3. The third kappa shape index (κ3) is 3.95. The molecule has 0 aromatic heterocycles. The van der Waals surface area contributed by atoms with Gasteiger partial charge in [-0.2, -0.15) is 0 Å². The molecular weight excluding hydrogens is 316 g/mol. The first-order valence-corrected chi connectivity index (χ1v) is 15.5. The average Bonchev–Trinajstić information content (AvgIpc) is 2.42. The number of nitrogens with zero attached hydrogens (tertiary/aromatic N) is 2. The van der Waals surface area contributed by atoms with Gasteiger partial charge in [-0.3, -0.25) is 0 Å². The van der Waals surface area contributed by atoms with E-state index in [-0.39, 0.29) is 6.23 Å². The topological polar surface area (TPSA) is 24.8 Å². The molecule has 3 nitrogen and oxygen atoms in total. The second kappa shape index (κ2) is 6.53. The summed E-state index contributed by atoms with van der Waals surface area (Å²) in [5.74, 6) is 0.826. The standard InChI is InChI=1S/C18H32N2OSi2/c1-14-15(2)18(20(22(3,4)5)23(6,7)8)21-19-17(14)16-12-10-9-11-13-16/h9-15,18H,1-8H3/t14-,15-,18-/m0/s1. The Morgan fingerprint density at radius 3 is 1.91 bits per heavy atom. The lowest BCUT2D eigenvalue weighted by Gasteiger charge is -2.50. The summed E-state index contributed by atoms with van der Waals surface area (Å²) in [4.78, 5) is 6.13. The van der Waals surface area contributed by atoms with Crippen LogP contribution in [0, 0.1) is 11.8 Å². The van der Waals surface area contributed by atoms with Crippen LogP contribution in [0.15, 0.2) is 35.5 Å². The van der Waals surface area contributed by atoms with Crippen molar-refractivity contribution in [1.29, 1.82) is 0 Å². The Hall–Kier alpha value is -0.916. The molecule has 0 unspecified atom stereocenters. The minimum Gasteiger partial charge on any atom is -0.377 e. The highest BCUT2D eigenvalue weighted by Crippen LogP contribution is 2.35. The van der Waals surface area contributed by atoms with Crippen LogP contribution in [0.2, 0.25) is 39.3 Å². The third-order valence-corrected chi connectivity index (χ3v) is 12.1. The summed E-state index contributed by atoms with van der Waals surface area (Å²) in [6.45, 7) is 19.1. The molecule has 0 saturated heterocycles. The predicted octanol–water partition coefficient (Wildman–Crippen LogP) is 4.99. The molecular formula is C18H32N2OSi2. The predicted molar refractivity (Wildman–Crippen MR) is 105 cm³/mol. The van der Waals surface area contributed by atoms with Crippen molar-refractivity contribution in [2.24, 2.45) is 17.0 Å². The Balaban J connectivity index is 2.36. The van der Waals surface area contributed by atoms with Gasteiger partial charge in [0.05, 0.1) is 5.71 Å². The van der Waals surface area contributed by atoms with E-state index < -0.39 is 16.5 Å². The summed E-state index contributed by atoms with van der Waals surface area (Å²) in [6.07, 6.45) is 0.107. The maximum atomic E-state index is 6.13. The van der Waals surface area contributed by atoms with Gasteiger partial charge in [-0.05, 0) is 5.56 Å². The lowest BCUT2D eigenvalue weighted by atomic mass is 9.86. The second-order valence-corrected chi connectivity index (χ2v) is 18.8. The summed E-state index contributed by atoms with van der Waals surface area (Å²) in [6, 6.07) is 10.4. The molecule has 1 heterocycles. The normalized spacial score (nSPS) is 26.0. The molecule has 1 aromatic carbocycles. The fourth-order valence-corrected chi connectivity index (χ4v) is 13.9. The monoisotopic (exact) mass is 348 g/mol. The zero-order valence-corrected chi connectivity index (χ0v) is 17.9. The van der Waals surface area contributed by atoms with Gasteiger partial charge in [0, 0.05) is 11.8 Å². The van der Waals surface area contributed by atoms with Crippen LogP contribution >= 0.6 is 0 Å². The fraction of sp³-hybridized carbons (Fsp3) is 0.611. The van der Waals surface area contributed by atoms with Crippen LogP contribution in [0.4, 0.5) is 0 Å². The second-order valence-electron chi connectivity index (χ2n) is 8.70. The quantitative estimate of drug-likeness (QED) is 0.716. The average molecular weight is 349 g/mol. The molecule has 0 bridgehead atoms. The summed E-state index contributed by atoms with van der Waals surface area (Å²) in [5.41, 5.74) is 2.26. The van der Waals surface area contributed by atoms with E-state index in [1.807, 2.05) is 6.07 Å². The molecule has 5 heteroatoms. The molecule has 3 atom stereocenters. The third-order valence-electron chi connectivity index (χ3n) is 4.70. The molecule has 0 aliphatic carbocycles. The van der Waals surface area contributed by atoms with E-state index in [1.54, 1.807) is 0 Å². The van der Waals surface area contributed by atoms with Crippen molar-refractivity contribution in [2.75, 3.05) is 0 Å². The van der Waals surface area contributed by atoms with E-state index in [9.17, 15) is 0 Å². The van der Waals surface area contributed by atoms with Crippen molar-refractivity contribution in [3.8, 4) is 0 Å².